The fourth-order valence-electron chi connectivity index (χ4n) is 4.60. The maximum absolute atomic E-state index is 13.1. The largest absolute Gasteiger partial charge is 0.326 e. The molecular formula is C25H30N4O4S. The second-order valence-corrected chi connectivity index (χ2v) is 10.7. The van der Waals surface area contributed by atoms with Crippen LogP contribution < -0.4 is 10.9 Å². The Morgan fingerprint density at radius 3 is 2.44 bits per heavy atom. The number of aryl methyl sites for hydroxylation is 1. The van der Waals surface area contributed by atoms with E-state index >= 15 is 0 Å². The van der Waals surface area contributed by atoms with Gasteiger partial charge in [-0.25, -0.2) is 13.4 Å². The number of anilines is 1. The molecule has 180 valence electrons. The van der Waals surface area contributed by atoms with Crippen molar-refractivity contribution in [2.24, 2.45) is 0 Å². The number of carbonyl (C=O) groups is 1. The summed E-state index contributed by atoms with van der Waals surface area (Å²) in [4.78, 5) is 29.4. The van der Waals surface area contributed by atoms with E-state index in [1.54, 1.807) is 46.8 Å². The lowest BCUT2D eigenvalue weighted by Gasteiger charge is -2.37. The lowest BCUT2D eigenvalue weighted by molar-refractivity contribution is -0.116. The second-order valence-electron chi connectivity index (χ2n) is 8.90. The number of fused-ring (bicyclic) bond motifs is 1. The first-order valence-corrected chi connectivity index (χ1v) is 13.1. The smallest absolute Gasteiger partial charge is 0.261 e. The van der Waals surface area contributed by atoms with Crippen LogP contribution in [0.25, 0.3) is 10.9 Å². The van der Waals surface area contributed by atoms with Crippen molar-refractivity contribution < 1.29 is 13.2 Å². The van der Waals surface area contributed by atoms with Crippen LogP contribution in [0.1, 0.15) is 46.0 Å². The monoisotopic (exact) mass is 482 g/mol. The van der Waals surface area contributed by atoms with Crippen molar-refractivity contribution >= 4 is 32.5 Å². The molecule has 9 heteroatoms. The molecule has 1 fully saturated rings. The van der Waals surface area contributed by atoms with E-state index in [0.717, 1.165) is 19.3 Å². The first kappa shape index (κ1) is 24.1. The van der Waals surface area contributed by atoms with E-state index in [-0.39, 0.29) is 34.9 Å². The molecule has 8 nitrogen and oxygen atoms in total. The number of nitrogens with one attached hydrogen (secondary N) is 1. The van der Waals surface area contributed by atoms with Crippen molar-refractivity contribution in [2.45, 2.75) is 69.5 Å². The quantitative estimate of drug-likeness (QED) is 0.552. The summed E-state index contributed by atoms with van der Waals surface area (Å²) in [6.45, 7) is 4.28. The lowest BCUT2D eigenvalue weighted by Crippen LogP contribution is -2.47. The number of hydrogen-bond donors (Lipinski definition) is 1. The molecule has 0 radical (unpaired) electrons. The lowest BCUT2D eigenvalue weighted by atomic mass is 10.0. The average molecular weight is 483 g/mol. The molecule has 2 aromatic carbocycles. The summed E-state index contributed by atoms with van der Waals surface area (Å²) in [5, 5.41) is 3.35. The van der Waals surface area contributed by atoms with Crippen LogP contribution in [-0.2, 0) is 21.4 Å². The predicted octanol–water partition coefficient (Wildman–Crippen LogP) is 3.77. The molecule has 1 saturated heterocycles. The Kier molecular flexibility index (Phi) is 7.13. The standard InChI is InChI=1S/C25H30N4O4S/c1-18-7-5-8-19(2)29(18)34(32,33)21-14-12-20(13-15-21)27-24(30)11-6-16-28-17-26-23-10-4-3-9-22(23)25(28)31/h3-4,9-10,12-15,17-19H,5-8,11,16H2,1-2H3,(H,27,30)/t18-,19+. The number of aromatic nitrogens is 2. The molecule has 1 amide bonds. The minimum absolute atomic E-state index is 0.0292. The first-order chi connectivity index (χ1) is 16.3. The molecule has 1 aliphatic rings. The number of hydrogen-bond acceptors (Lipinski definition) is 5. The van der Waals surface area contributed by atoms with Gasteiger partial charge in [0.2, 0.25) is 15.9 Å². The summed E-state index contributed by atoms with van der Waals surface area (Å²) >= 11 is 0. The van der Waals surface area contributed by atoms with Crippen molar-refractivity contribution in [3.63, 3.8) is 0 Å². The molecule has 0 unspecified atom stereocenters. The zero-order chi connectivity index (χ0) is 24.3. The number of amides is 1. The molecule has 2 heterocycles. The summed E-state index contributed by atoms with van der Waals surface area (Å²) in [6.07, 6.45) is 4.96. The number of piperidine rings is 1. The number of nitrogens with zero attached hydrogens (tertiary/aromatic N) is 3. The Hall–Kier alpha value is -3.04. The predicted molar refractivity (Wildman–Crippen MR) is 132 cm³/mol. The Morgan fingerprint density at radius 2 is 1.74 bits per heavy atom. The summed E-state index contributed by atoms with van der Waals surface area (Å²) < 4.78 is 29.4. The van der Waals surface area contributed by atoms with E-state index in [4.69, 9.17) is 0 Å². The molecule has 1 aliphatic heterocycles. The van der Waals surface area contributed by atoms with Crippen molar-refractivity contribution in [2.75, 3.05) is 5.32 Å². The highest BCUT2D eigenvalue weighted by Gasteiger charge is 2.35. The van der Waals surface area contributed by atoms with Crippen LogP contribution in [0.2, 0.25) is 0 Å². The summed E-state index contributed by atoms with van der Waals surface area (Å²) in [5.41, 5.74) is 1.06. The van der Waals surface area contributed by atoms with E-state index in [9.17, 15) is 18.0 Å². The zero-order valence-corrected chi connectivity index (χ0v) is 20.3. The SMILES string of the molecule is C[C@@H]1CCC[C@H](C)N1S(=O)(=O)c1ccc(NC(=O)CCCn2cnc3ccccc3c2=O)cc1. The molecule has 0 spiro atoms. The molecule has 2 atom stereocenters. The highest BCUT2D eigenvalue weighted by molar-refractivity contribution is 7.89. The van der Waals surface area contributed by atoms with Crippen LogP contribution in [0.15, 0.2) is 64.5 Å². The zero-order valence-electron chi connectivity index (χ0n) is 19.5. The van der Waals surface area contributed by atoms with Crippen molar-refractivity contribution in [3.05, 3.63) is 65.2 Å². The Labute approximate surface area is 199 Å². The molecule has 34 heavy (non-hydrogen) atoms. The molecule has 0 saturated carbocycles. The van der Waals surface area contributed by atoms with Crippen LogP contribution in [0.3, 0.4) is 0 Å². The fourth-order valence-corrected chi connectivity index (χ4v) is 6.48. The van der Waals surface area contributed by atoms with Gasteiger partial charge < -0.3 is 5.32 Å². The summed E-state index contributed by atoms with van der Waals surface area (Å²) in [5.74, 6) is -0.198. The molecule has 4 rings (SSSR count). The normalized spacial score (nSPS) is 19.2. The Balaban J connectivity index is 1.34. The van der Waals surface area contributed by atoms with Gasteiger partial charge in [0.1, 0.15) is 0 Å². The Morgan fingerprint density at radius 1 is 1.06 bits per heavy atom. The van der Waals surface area contributed by atoms with Gasteiger partial charge in [-0.05, 0) is 69.5 Å². The molecule has 1 aromatic heterocycles. The number of para-hydroxylation sites is 1. The van der Waals surface area contributed by atoms with E-state index < -0.39 is 10.0 Å². The van der Waals surface area contributed by atoms with Gasteiger partial charge in [-0.2, -0.15) is 4.31 Å². The van der Waals surface area contributed by atoms with Gasteiger partial charge in [-0.15, -0.1) is 0 Å². The van der Waals surface area contributed by atoms with Gasteiger partial charge >= 0.3 is 0 Å². The topological polar surface area (TPSA) is 101 Å². The average Bonchev–Trinajstić information content (AvgIpc) is 2.81. The Bertz CT molecular complexity index is 1330. The van der Waals surface area contributed by atoms with E-state index in [1.165, 1.54) is 10.9 Å². The van der Waals surface area contributed by atoms with Crippen LogP contribution in [0, 0.1) is 0 Å². The highest BCUT2D eigenvalue weighted by Crippen LogP contribution is 2.30. The number of rotatable bonds is 7. The maximum atomic E-state index is 13.1. The van der Waals surface area contributed by atoms with Gasteiger partial charge in [-0.3, -0.25) is 14.2 Å². The van der Waals surface area contributed by atoms with Crippen LogP contribution in [0.5, 0.6) is 0 Å². The summed E-state index contributed by atoms with van der Waals surface area (Å²) in [6, 6.07) is 13.4. The van der Waals surface area contributed by atoms with Gasteiger partial charge in [0, 0.05) is 30.7 Å². The second kappa shape index (κ2) is 10.1. The number of sulfonamides is 1. The maximum Gasteiger partial charge on any atom is 0.261 e. The number of carbonyl (C=O) groups excluding carboxylic acids is 1. The van der Waals surface area contributed by atoms with Gasteiger partial charge in [0.25, 0.3) is 5.56 Å². The molecule has 0 bridgehead atoms. The highest BCUT2D eigenvalue weighted by atomic mass is 32.2. The minimum Gasteiger partial charge on any atom is -0.326 e. The van der Waals surface area contributed by atoms with Crippen LogP contribution in [-0.4, -0.2) is 40.3 Å². The molecule has 3 aromatic rings. The van der Waals surface area contributed by atoms with E-state index in [1.807, 2.05) is 19.9 Å². The van der Waals surface area contributed by atoms with Crippen molar-refractivity contribution in [1.82, 2.24) is 13.9 Å². The van der Waals surface area contributed by atoms with Crippen molar-refractivity contribution in [1.29, 1.82) is 0 Å². The third-order valence-corrected chi connectivity index (χ3v) is 8.50. The van der Waals surface area contributed by atoms with Gasteiger partial charge in [0.15, 0.2) is 0 Å². The molecule has 0 aliphatic carbocycles. The molecular weight excluding hydrogens is 452 g/mol. The third kappa shape index (κ3) is 5.05. The van der Waals surface area contributed by atoms with Gasteiger partial charge in [-0.1, -0.05) is 18.6 Å². The first-order valence-electron chi connectivity index (χ1n) is 11.6. The number of benzene rings is 2. The third-order valence-electron chi connectivity index (χ3n) is 6.36. The van der Waals surface area contributed by atoms with E-state index in [0.29, 0.717) is 29.6 Å². The van der Waals surface area contributed by atoms with Gasteiger partial charge in [0.05, 0.1) is 22.1 Å². The van der Waals surface area contributed by atoms with Crippen LogP contribution in [0.4, 0.5) is 5.69 Å². The van der Waals surface area contributed by atoms with Crippen LogP contribution >= 0.6 is 0 Å². The molecule has 1 N–H and O–H groups in total. The van der Waals surface area contributed by atoms with E-state index in [2.05, 4.69) is 10.3 Å². The van der Waals surface area contributed by atoms with Crippen molar-refractivity contribution in [3.8, 4) is 0 Å². The minimum atomic E-state index is -3.59. The fraction of sp³-hybridized carbons (Fsp3) is 0.400. The summed E-state index contributed by atoms with van der Waals surface area (Å²) in [7, 11) is -3.59.